The summed E-state index contributed by atoms with van der Waals surface area (Å²) in [4.78, 5) is 2.55. The third-order valence-corrected chi connectivity index (χ3v) is 3.94. The normalized spacial score (nSPS) is 22.9. The van der Waals surface area contributed by atoms with Crippen LogP contribution in [0.1, 0.15) is 46.0 Å². The van der Waals surface area contributed by atoms with Gasteiger partial charge in [0.1, 0.15) is 0 Å². The average Bonchev–Trinajstić information content (AvgIpc) is 2.29. The summed E-state index contributed by atoms with van der Waals surface area (Å²) in [5.74, 6) is 0. The van der Waals surface area contributed by atoms with Crippen molar-refractivity contribution in [2.75, 3.05) is 33.3 Å². The Balaban J connectivity index is 2.17. The molecule has 1 atom stereocenters. The third-order valence-electron chi connectivity index (χ3n) is 3.94. The number of likely N-dealkylation sites (tertiary alicyclic amines) is 1. The van der Waals surface area contributed by atoms with E-state index in [0.717, 1.165) is 19.5 Å². The van der Waals surface area contributed by atoms with Gasteiger partial charge in [0.25, 0.3) is 0 Å². The standard InChI is InChI=1S/C14H30N2O/c1-14(2,8-9-15)7-5-11-16-10-4-6-13(12-16)17-3/h13H,4-12,15H2,1-3H3. The molecule has 1 heterocycles. The van der Waals surface area contributed by atoms with Crippen LogP contribution in [0.3, 0.4) is 0 Å². The van der Waals surface area contributed by atoms with Crippen LogP contribution >= 0.6 is 0 Å². The molecule has 2 N–H and O–H groups in total. The maximum absolute atomic E-state index is 5.64. The number of ether oxygens (including phenoxy) is 1. The van der Waals surface area contributed by atoms with Gasteiger partial charge in [0.2, 0.25) is 0 Å². The molecule has 3 heteroatoms. The van der Waals surface area contributed by atoms with Gasteiger partial charge in [-0.05, 0) is 57.2 Å². The van der Waals surface area contributed by atoms with Crippen molar-refractivity contribution in [3.05, 3.63) is 0 Å². The van der Waals surface area contributed by atoms with Crippen molar-refractivity contribution >= 4 is 0 Å². The highest BCUT2D eigenvalue weighted by Gasteiger charge is 2.20. The van der Waals surface area contributed by atoms with Gasteiger partial charge >= 0.3 is 0 Å². The molecule has 0 amide bonds. The molecule has 1 aliphatic heterocycles. The molecule has 3 nitrogen and oxygen atoms in total. The van der Waals surface area contributed by atoms with Crippen LogP contribution in [0.4, 0.5) is 0 Å². The Hall–Kier alpha value is -0.120. The summed E-state index contributed by atoms with van der Waals surface area (Å²) in [6.45, 7) is 9.05. The van der Waals surface area contributed by atoms with Crippen molar-refractivity contribution in [3.63, 3.8) is 0 Å². The van der Waals surface area contributed by atoms with E-state index in [1.54, 1.807) is 0 Å². The first-order chi connectivity index (χ1) is 8.07. The fraction of sp³-hybridized carbons (Fsp3) is 1.00. The quantitative estimate of drug-likeness (QED) is 0.744. The van der Waals surface area contributed by atoms with Gasteiger partial charge in [-0.1, -0.05) is 13.8 Å². The monoisotopic (exact) mass is 242 g/mol. The zero-order chi connectivity index (χ0) is 12.7. The Bertz CT molecular complexity index is 206. The zero-order valence-corrected chi connectivity index (χ0v) is 11.9. The summed E-state index contributed by atoms with van der Waals surface area (Å²) in [6, 6.07) is 0. The van der Waals surface area contributed by atoms with E-state index in [4.69, 9.17) is 10.5 Å². The SMILES string of the molecule is COC1CCCN(CCCC(C)(C)CCN)C1. The maximum atomic E-state index is 5.64. The van der Waals surface area contributed by atoms with Crippen LogP contribution in [0.15, 0.2) is 0 Å². The van der Waals surface area contributed by atoms with Gasteiger partial charge in [0.05, 0.1) is 6.10 Å². The Labute approximate surface area is 107 Å². The molecule has 0 saturated carbocycles. The fourth-order valence-corrected chi connectivity index (χ4v) is 2.71. The molecule has 1 unspecified atom stereocenters. The number of hydrogen-bond donors (Lipinski definition) is 1. The number of piperidine rings is 1. The van der Waals surface area contributed by atoms with Crippen LogP contribution in [-0.2, 0) is 4.74 Å². The molecule has 1 rings (SSSR count). The summed E-state index contributed by atoms with van der Waals surface area (Å²) < 4.78 is 5.45. The zero-order valence-electron chi connectivity index (χ0n) is 11.9. The Morgan fingerprint density at radius 3 is 2.76 bits per heavy atom. The fourth-order valence-electron chi connectivity index (χ4n) is 2.71. The second kappa shape index (κ2) is 7.34. The summed E-state index contributed by atoms with van der Waals surface area (Å²) in [5.41, 5.74) is 6.05. The predicted octanol–water partition coefficient (Wildman–Crippen LogP) is 2.25. The van der Waals surface area contributed by atoms with Crippen LogP contribution in [0, 0.1) is 5.41 Å². The minimum Gasteiger partial charge on any atom is -0.380 e. The molecule has 0 bridgehead atoms. The molecular formula is C14H30N2O. The lowest BCUT2D eigenvalue weighted by molar-refractivity contribution is 0.0299. The highest BCUT2D eigenvalue weighted by molar-refractivity contribution is 4.75. The van der Waals surface area contributed by atoms with E-state index in [2.05, 4.69) is 18.7 Å². The smallest absolute Gasteiger partial charge is 0.0698 e. The van der Waals surface area contributed by atoms with Crippen LogP contribution < -0.4 is 5.73 Å². The highest BCUT2D eigenvalue weighted by Crippen LogP contribution is 2.26. The third kappa shape index (κ3) is 5.84. The molecule has 102 valence electrons. The van der Waals surface area contributed by atoms with Crippen molar-refractivity contribution < 1.29 is 4.74 Å². The molecule has 0 aromatic heterocycles. The van der Waals surface area contributed by atoms with Gasteiger partial charge in [-0.15, -0.1) is 0 Å². The molecule has 1 fully saturated rings. The average molecular weight is 242 g/mol. The molecule has 0 aromatic rings. The lowest BCUT2D eigenvalue weighted by Crippen LogP contribution is -2.39. The Kier molecular flexibility index (Phi) is 6.45. The van der Waals surface area contributed by atoms with Crippen LogP contribution in [0.25, 0.3) is 0 Å². The van der Waals surface area contributed by atoms with Gasteiger partial charge < -0.3 is 15.4 Å². The number of methoxy groups -OCH3 is 1. The molecule has 0 aromatic carbocycles. The van der Waals surface area contributed by atoms with Gasteiger partial charge in [-0.25, -0.2) is 0 Å². The summed E-state index contributed by atoms with van der Waals surface area (Å²) in [7, 11) is 1.83. The number of nitrogens with zero attached hydrogens (tertiary/aromatic N) is 1. The first kappa shape index (κ1) is 14.9. The molecule has 17 heavy (non-hydrogen) atoms. The second-order valence-electron chi connectivity index (χ2n) is 6.11. The van der Waals surface area contributed by atoms with Crippen molar-refractivity contribution in [3.8, 4) is 0 Å². The minimum atomic E-state index is 0.408. The Morgan fingerprint density at radius 2 is 2.12 bits per heavy atom. The summed E-state index contributed by atoms with van der Waals surface area (Å²) in [5, 5.41) is 0. The lowest BCUT2D eigenvalue weighted by Gasteiger charge is -2.33. The van der Waals surface area contributed by atoms with E-state index in [1.807, 2.05) is 7.11 Å². The molecule has 0 spiro atoms. The lowest BCUT2D eigenvalue weighted by atomic mass is 9.84. The van der Waals surface area contributed by atoms with Crippen LogP contribution in [0.5, 0.6) is 0 Å². The number of nitrogens with two attached hydrogens (primary N) is 1. The van der Waals surface area contributed by atoms with Gasteiger partial charge in [0, 0.05) is 13.7 Å². The predicted molar refractivity (Wildman–Crippen MR) is 73.2 cm³/mol. The van der Waals surface area contributed by atoms with Crippen molar-refractivity contribution in [2.45, 2.75) is 52.1 Å². The molecular weight excluding hydrogens is 212 g/mol. The van der Waals surface area contributed by atoms with E-state index >= 15 is 0 Å². The van der Waals surface area contributed by atoms with Crippen molar-refractivity contribution in [1.82, 2.24) is 4.90 Å². The summed E-state index contributed by atoms with van der Waals surface area (Å²) in [6.07, 6.45) is 6.66. The highest BCUT2D eigenvalue weighted by atomic mass is 16.5. The minimum absolute atomic E-state index is 0.408. The molecule has 0 radical (unpaired) electrons. The van der Waals surface area contributed by atoms with Crippen molar-refractivity contribution in [2.24, 2.45) is 11.1 Å². The maximum Gasteiger partial charge on any atom is 0.0698 e. The number of rotatable bonds is 7. The molecule has 1 aliphatic rings. The van der Waals surface area contributed by atoms with Crippen molar-refractivity contribution in [1.29, 1.82) is 0 Å². The number of hydrogen-bond acceptors (Lipinski definition) is 3. The topological polar surface area (TPSA) is 38.5 Å². The van der Waals surface area contributed by atoms with E-state index in [-0.39, 0.29) is 0 Å². The first-order valence-corrected chi connectivity index (χ1v) is 7.02. The summed E-state index contributed by atoms with van der Waals surface area (Å²) >= 11 is 0. The van der Waals surface area contributed by atoms with Gasteiger partial charge in [-0.3, -0.25) is 0 Å². The van der Waals surface area contributed by atoms with Crippen LogP contribution in [0.2, 0.25) is 0 Å². The van der Waals surface area contributed by atoms with E-state index in [9.17, 15) is 0 Å². The largest absolute Gasteiger partial charge is 0.380 e. The van der Waals surface area contributed by atoms with E-state index in [1.165, 1.54) is 38.8 Å². The van der Waals surface area contributed by atoms with E-state index < -0.39 is 0 Å². The molecule has 0 aliphatic carbocycles. The van der Waals surface area contributed by atoms with Crippen LogP contribution in [-0.4, -0.2) is 44.3 Å². The van der Waals surface area contributed by atoms with E-state index in [0.29, 0.717) is 11.5 Å². The second-order valence-corrected chi connectivity index (χ2v) is 6.11. The molecule has 1 saturated heterocycles. The first-order valence-electron chi connectivity index (χ1n) is 7.02. The van der Waals surface area contributed by atoms with Gasteiger partial charge in [-0.2, -0.15) is 0 Å². The van der Waals surface area contributed by atoms with Gasteiger partial charge in [0.15, 0.2) is 0 Å². The Morgan fingerprint density at radius 1 is 1.35 bits per heavy atom.